The van der Waals surface area contributed by atoms with E-state index in [0.717, 1.165) is 15.6 Å². The summed E-state index contributed by atoms with van der Waals surface area (Å²) in [6, 6.07) is 5.18. The summed E-state index contributed by atoms with van der Waals surface area (Å²) >= 11 is 3.38. The molecule has 0 radical (unpaired) electrons. The second-order valence-corrected chi connectivity index (χ2v) is 4.01. The van der Waals surface area contributed by atoms with Gasteiger partial charge in [0.15, 0.2) is 0 Å². The van der Waals surface area contributed by atoms with Gasteiger partial charge in [0.1, 0.15) is 0 Å². The number of carboxylic acids is 1. The summed E-state index contributed by atoms with van der Waals surface area (Å²) < 4.78 is 0.954. The summed E-state index contributed by atoms with van der Waals surface area (Å²) in [7, 11) is 0. The topological polar surface area (TPSA) is 63.3 Å². The van der Waals surface area contributed by atoms with Crippen LogP contribution in [-0.2, 0) is 4.79 Å². The van der Waals surface area contributed by atoms with Crippen molar-refractivity contribution < 1.29 is 9.90 Å². The molecule has 0 amide bonds. The first kappa shape index (κ1) is 11.2. The van der Waals surface area contributed by atoms with Crippen LogP contribution in [0, 0.1) is 6.92 Å². The standard InChI is InChI=1S/C10H12BrNO2/c1-6-7(3-2-4-8(6)11)9(12)5-10(13)14/h2-4,9H,5,12H2,1H3,(H,13,14)/t9-/m1/s1. The lowest BCUT2D eigenvalue weighted by atomic mass is 10.00. The Morgan fingerprint density at radius 2 is 2.29 bits per heavy atom. The van der Waals surface area contributed by atoms with Gasteiger partial charge >= 0.3 is 5.97 Å². The fraction of sp³-hybridized carbons (Fsp3) is 0.300. The van der Waals surface area contributed by atoms with E-state index < -0.39 is 12.0 Å². The third-order valence-electron chi connectivity index (χ3n) is 2.10. The molecule has 0 aromatic heterocycles. The van der Waals surface area contributed by atoms with Crippen LogP contribution in [0.25, 0.3) is 0 Å². The maximum atomic E-state index is 10.5. The zero-order chi connectivity index (χ0) is 10.7. The number of hydrogen-bond acceptors (Lipinski definition) is 2. The fourth-order valence-corrected chi connectivity index (χ4v) is 1.71. The van der Waals surface area contributed by atoms with E-state index >= 15 is 0 Å². The molecule has 0 heterocycles. The quantitative estimate of drug-likeness (QED) is 0.873. The van der Waals surface area contributed by atoms with Crippen molar-refractivity contribution in [2.45, 2.75) is 19.4 Å². The molecule has 76 valence electrons. The van der Waals surface area contributed by atoms with Gasteiger partial charge in [-0.3, -0.25) is 4.79 Å². The summed E-state index contributed by atoms with van der Waals surface area (Å²) in [6.07, 6.45) is -0.0444. The minimum Gasteiger partial charge on any atom is -0.481 e. The van der Waals surface area contributed by atoms with Gasteiger partial charge < -0.3 is 10.8 Å². The number of rotatable bonds is 3. The van der Waals surface area contributed by atoms with E-state index in [0.29, 0.717) is 0 Å². The van der Waals surface area contributed by atoms with Crippen LogP contribution in [0.15, 0.2) is 22.7 Å². The minimum absolute atomic E-state index is 0.0444. The van der Waals surface area contributed by atoms with Gasteiger partial charge in [-0.1, -0.05) is 28.1 Å². The third-order valence-corrected chi connectivity index (χ3v) is 2.96. The second kappa shape index (κ2) is 4.57. The van der Waals surface area contributed by atoms with E-state index in [1.807, 2.05) is 25.1 Å². The molecule has 3 N–H and O–H groups in total. The van der Waals surface area contributed by atoms with Gasteiger partial charge in [-0.15, -0.1) is 0 Å². The smallest absolute Gasteiger partial charge is 0.305 e. The van der Waals surface area contributed by atoms with Crippen LogP contribution in [0.5, 0.6) is 0 Å². The van der Waals surface area contributed by atoms with Crippen molar-refractivity contribution >= 4 is 21.9 Å². The van der Waals surface area contributed by atoms with Crippen LogP contribution >= 0.6 is 15.9 Å². The normalized spacial score (nSPS) is 12.5. The first-order chi connectivity index (χ1) is 6.52. The van der Waals surface area contributed by atoms with E-state index in [1.54, 1.807) is 0 Å². The summed E-state index contributed by atoms with van der Waals surface area (Å²) in [5.74, 6) is -0.878. The molecule has 1 atom stereocenters. The summed E-state index contributed by atoms with van der Waals surface area (Å²) in [5, 5.41) is 8.61. The maximum Gasteiger partial charge on any atom is 0.305 e. The number of aliphatic carboxylic acids is 1. The summed E-state index contributed by atoms with van der Waals surface area (Å²) in [5.41, 5.74) is 7.64. The largest absolute Gasteiger partial charge is 0.481 e. The lowest BCUT2D eigenvalue weighted by Crippen LogP contribution is -2.16. The van der Waals surface area contributed by atoms with Crippen LogP contribution in [-0.4, -0.2) is 11.1 Å². The Morgan fingerprint density at radius 1 is 1.64 bits per heavy atom. The van der Waals surface area contributed by atoms with E-state index in [2.05, 4.69) is 15.9 Å². The zero-order valence-electron chi connectivity index (χ0n) is 7.83. The number of carbonyl (C=O) groups is 1. The van der Waals surface area contributed by atoms with Crippen molar-refractivity contribution in [3.63, 3.8) is 0 Å². The molecule has 0 saturated heterocycles. The van der Waals surface area contributed by atoms with E-state index in [-0.39, 0.29) is 6.42 Å². The van der Waals surface area contributed by atoms with E-state index in [4.69, 9.17) is 10.8 Å². The van der Waals surface area contributed by atoms with Crippen LogP contribution in [0.3, 0.4) is 0 Å². The number of hydrogen-bond donors (Lipinski definition) is 2. The van der Waals surface area contributed by atoms with Gasteiger partial charge in [0.2, 0.25) is 0 Å². The van der Waals surface area contributed by atoms with E-state index in [1.165, 1.54) is 0 Å². The molecular weight excluding hydrogens is 246 g/mol. The van der Waals surface area contributed by atoms with Crippen molar-refractivity contribution in [2.24, 2.45) is 5.73 Å². The molecule has 14 heavy (non-hydrogen) atoms. The highest BCUT2D eigenvalue weighted by Crippen LogP contribution is 2.24. The van der Waals surface area contributed by atoms with Crippen LogP contribution in [0.2, 0.25) is 0 Å². The number of benzene rings is 1. The van der Waals surface area contributed by atoms with Gasteiger partial charge in [0, 0.05) is 10.5 Å². The fourth-order valence-electron chi connectivity index (χ4n) is 1.32. The number of carboxylic acid groups (broad SMARTS) is 1. The SMILES string of the molecule is Cc1c(Br)cccc1[C@H](N)CC(=O)O. The molecule has 1 aromatic carbocycles. The van der Waals surface area contributed by atoms with E-state index in [9.17, 15) is 4.79 Å². The first-order valence-electron chi connectivity index (χ1n) is 4.24. The number of nitrogens with two attached hydrogens (primary N) is 1. The first-order valence-corrected chi connectivity index (χ1v) is 5.04. The monoisotopic (exact) mass is 257 g/mol. The molecule has 0 aliphatic rings. The van der Waals surface area contributed by atoms with Gasteiger partial charge in [-0.2, -0.15) is 0 Å². The lowest BCUT2D eigenvalue weighted by molar-refractivity contribution is -0.137. The van der Waals surface area contributed by atoms with Crippen molar-refractivity contribution in [3.8, 4) is 0 Å². The van der Waals surface area contributed by atoms with Crippen LogP contribution in [0.1, 0.15) is 23.6 Å². The molecule has 0 bridgehead atoms. The molecular formula is C10H12BrNO2. The highest BCUT2D eigenvalue weighted by Gasteiger charge is 2.13. The van der Waals surface area contributed by atoms with Gasteiger partial charge in [-0.05, 0) is 24.1 Å². The summed E-state index contributed by atoms with van der Waals surface area (Å²) in [4.78, 5) is 10.5. The Labute approximate surface area is 91.1 Å². The molecule has 1 rings (SSSR count). The molecule has 4 heteroatoms. The third kappa shape index (κ3) is 2.56. The molecule has 0 fully saturated rings. The van der Waals surface area contributed by atoms with Gasteiger partial charge in [0.05, 0.1) is 6.42 Å². The van der Waals surface area contributed by atoms with Gasteiger partial charge in [0.25, 0.3) is 0 Å². The van der Waals surface area contributed by atoms with Crippen molar-refractivity contribution in [2.75, 3.05) is 0 Å². The second-order valence-electron chi connectivity index (χ2n) is 3.16. The Balaban J connectivity index is 2.95. The number of halogens is 1. The Hall–Kier alpha value is -0.870. The zero-order valence-corrected chi connectivity index (χ0v) is 9.41. The van der Waals surface area contributed by atoms with Crippen molar-refractivity contribution in [1.29, 1.82) is 0 Å². The Kier molecular flexibility index (Phi) is 3.66. The molecule has 0 aliphatic heterocycles. The molecule has 0 spiro atoms. The highest BCUT2D eigenvalue weighted by atomic mass is 79.9. The molecule has 0 saturated carbocycles. The van der Waals surface area contributed by atoms with Crippen LogP contribution in [0.4, 0.5) is 0 Å². The molecule has 3 nitrogen and oxygen atoms in total. The predicted octanol–water partition coefficient (Wildman–Crippen LogP) is 2.23. The Morgan fingerprint density at radius 3 is 2.86 bits per heavy atom. The average Bonchev–Trinajstić information content (AvgIpc) is 2.08. The molecule has 0 unspecified atom stereocenters. The Bertz CT molecular complexity index is 352. The minimum atomic E-state index is -0.878. The molecule has 0 aliphatic carbocycles. The van der Waals surface area contributed by atoms with Crippen molar-refractivity contribution in [3.05, 3.63) is 33.8 Å². The predicted molar refractivity (Wildman–Crippen MR) is 58.1 cm³/mol. The van der Waals surface area contributed by atoms with Gasteiger partial charge in [-0.25, -0.2) is 0 Å². The highest BCUT2D eigenvalue weighted by molar-refractivity contribution is 9.10. The molecule has 1 aromatic rings. The van der Waals surface area contributed by atoms with Crippen LogP contribution < -0.4 is 5.73 Å². The average molecular weight is 258 g/mol. The summed E-state index contributed by atoms with van der Waals surface area (Å²) in [6.45, 7) is 1.92. The lowest BCUT2D eigenvalue weighted by Gasteiger charge is -2.13. The van der Waals surface area contributed by atoms with Crippen molar-refractivity contribution in [1.82, 2.24) is 0 Å². The maximum absolute atomic E-state index is 10.5.